The number of hydrogen-bond donors (Lipinski definition) is 2. The van der Waals surface area contributed by atoms with Crippen LogP contribution >= 0.6 is 0 Å². The summed E-state index contributed by atoms with van der Waals surface area (Å²) >= 11 is 0. The molecule has 0 bridgehead atoms. The van der Waals surface area contributed by atoms with Crippen molar-refractivity contribution in [1.29, 1.82) is 0 Å². The summed E-state index contributed by atoms with van der Waals surface area (Å²) in [5.74, 6) is 0. The molecular weight excluding hydrogens is 244 g/mol. The molecular formula is C18H30N2. The second kappa shape index (κ2) is 6.73. The summed E-state index contributed by atoms with van der Waals surface area (Å²) < 4.78 is 0. The fourth-order valence-electron chi connectivity index (χ4n) is 3.52. The number of nitrogens with one attached hydrogen (secondary N) is 1. The molecule has 0 saturated heterocycles. The molecule has 3 N–H and O–H groups in total. The Bertz CT molecular complexity index is 391. The van der Waals surface area contributed by atoms with Crippen LogP contribution in [0.1, 0.15) is 58.4 Å². The summed E-state index contributed by atoms with van der Waals surface area (Å²) in [5.41, 5.74) is 7.63. The van der Waals surface area contributed by atoms with E-state index in [1.54, 1.807) is 0 Å². The highest BCUT2D eigenvalue weighted by molar-refractivity contribution is 5.23. The van der Waals surface area contributed by atoms with Crippen LogP contribution in [0, 0.1) is 0 Å². The molecule has 0 aliphatic heterocycles. The predicted molar refractivity (Wildman–Crippen MR) is 86.9 cm³/mol. The molecule has 112 valence electrons. The van der Waals surface area contributed by atoms with Crippen LogP contribution < -0.4 is 11.1 Å². The van der Waals surface area contributed by atoms with Crippen LogP contribution in [0.25, 0.3) is 0 Å². The van der Waals surface area contributed by atoms with Crippen LogP contribution in [0.15, 0.2) is 30.3 Å². The molecule has 1 saturated carbocycles. The van der Waals surface area contributed by atoms with Gasteiger partial charge in [0.1, 0.15) is 0 Å². The molecule has 1 unspecified atom stereocenters. The molecule has 2 rings (SSSR count). The highest BCUT2D eigenvalue weighted by Gasteiger charge is 2.25. The van der Waals surface area contributed by atoms with Crippen molar-refractivity contribution in [2.45, 2.75) is 76.4 Å². The fraction of sp³-hybridized carbons (Fsp3) is 0.667. The Labute approximate surface area is 124 Å². The molecule has 1 fully saturated rings. The Morgan fingerprint density at radius 2 is 1.75 bits per heavy atom. The molecule has 0 spiro atoms. The molecule has 1 aliphatic rings. The SMILES string of the molecule is CC(CC(C)(C)c1ccccc1)NC1CCC(N)CC1. The minimum absolute atomic E-state index is 0.221. The first-order valence-corrected chi connectivity index (χ1v) is 8.04. The quantitative estimate of drug-likeness (QED) is 0.861. The van der Waals surface area contributed by atoms with Crippen LogP contribution in [0.2, 0.25) is 0 Å². The van der Waals surface area contributed by atoms with Gasteiger partial charge in [-0.25, -0.2) is 0 Å². The van der Waals surface area contributed by atoms with E-state index < -0.39 is 0 Å². The molecule has 1 atom stereocenters. The molecule has 0 heterocycles. The molecule has 0 radical (unpaired) electrons. The van der Waals surface area contributed by atoms with Gasteiger partial charge in [0, 0.05) is 18.1 Å². The standard InChI is InChI=1S/C18H30N2/c1-14(20-17-11-9-16(19)10-12-17)13-18(2,3)15-7-5-4-6-8-15/h4-8,14,16-17,20H,9-13,19H2,1-3H3. The van der Waals surface area contributed by atoms with E-state index in [9.17, 15) is 0 Å². The number of rotatable bonds is 5. The van der Waals surface area contributed by atoms with E-state index >= 15 is 0 Å². The lowest BCUT2D eigenvalue weighted by Gasteiger charge is -2.34. The fourth-order valence-corrected chi connectivity index (χ4v) is 3.52. The van der Waals surface area contributed by atoms with Crippen molar-refractivity contribution in [3.05, 3.63) is 35.9 Å². The average Bonchev–Trinajstić information content (AvgIpc) is 2.42. The van der Waals surface area contributed by atoms with Crippen molar-refractivity contribution >= 4 is 0 Å². The van der Waals surface area contributed by atoms with Gasteiger partial charge in [-0.2, -0.15) is 0 Å². The summed E-state index contributed by atoms with van der Waals surface area (Å²) in [7, 11) is 0. The van der Waals surface area contributed by atoms with E-state index in [-0.39, 0.29) is 5.41 Å². The van der Waals surface area contributed by atoms with Gasteiger partial charge in [-0.1, -0.05) is 44.2 Å². The van der Waals surface area contributed by atoms with E-state index in [4.69, 9.17) is 5.73 Å². The van der Waals surface area contributed by atoms with Crippen LogP contribution in [0.5, 0.6) is 0 Å². The van der Waals surface area contributed by atoms with Gasteiger partial charge < -0.3 is 11.1 Å². The average molecular weight is 274 g/mol. The zero-order valence-electron chi connectivity index (χ0n) is 13.2. The smallest absolute Gasteiger partial charge is 0.00706 e. The molecule has 0 amide bonds. The van der Waals surface area contributed by atoms with Crippen LogP contribution in [0.3, 0.4) is 0 Å². The van der Waals surface area contributed by atoms with Gasteiger partial charge in [-0.05, 0) is 50.0 Å². The van der Waals surface area contributed by atoms with Gasteiger partial charge in [0.05, 0.1) is 0 Å². The van der Waals surface area contributed by atoms with Crippen molar-refractivity contribution in [3.8, 4) is 0 Å². The molecule has 1 aromatic rings. The van der Waals surface area contributed by atoms with Crippen molar-refractivity contribution in [2.75, 3.05) is 0 Å². The van der Waals surface area contributed by atoms with Gasteiger partial charge in [-0.15, -0.1) is 0 Å². The Hall–Kier alpha value is -0.860. The molecule has 1 aromatic carbocycles. The first kappa shape index (κ1) is 15.5. The van der Waals surface area contributed by atoms with Gasteiger partial charge in [-0.3, -0.25) is 0 Å². The second-order valence-electron chi connectivity index (χ2n) is 7.13. The Morgan fingerprint density at radius 3 is 2.35 bits per heavy atom. The van der Waals surface area contributed by atoms with E-state index in [1.165, 1.54) is 37.7 Å². The Kier molecular flexibility index (Phi) is 5.22. The largest absolute Gasteiger partial charge is 0.328 e. The topological polar surface area (TPSA) is 38.0 Å². The van der Waals surface area contributed by atoms with Gasteiger partial charge in [0.15, 0.2) is 0 Å². The summed E-state index contributed by atoms with van der Waals surface area (Å²) in [5, 5.41) is 3.81. The number of hydrogen-bond acceptors (Lipinski definition) is 2. The third kappa shape index (κ3) is 4.32. The Morgan fingerprint density at radius 1 is 1.15 bits per heavy atom. The van der Waals surface area contributed by atoms with Crippen molar-refractivity contribution in [3.63, 3.8) is 0 Å². The highest BCUT2D eigenvalue weighted by Crippen LogP contribution is 2.28. The maximum absolute atomic E-state index is 5.98. The van der Waals surface area contributed by atoms with Crippen molar-refractivity contribution in [1.82, 2.24) is 5.32 Å². The lowest BCUT2D eigenvalue weighted by Crippen LogP contribution is -2.43. The maximum atomic E-state index is 5.98. The molecule has 0 aromatic heterocycles. The second-order valence-corrected chi connectivity index (χ2v) is 7.13. The highest BCUT2D eigenvalue weighted by atomic mass is 14.9. The minimum atomic E-state index is 0.221. The third-order valence-electron chi connectivity index (χ3n) is 4.66. The minimum Gasteiger partial charge on any atom is -0.328 e. The first-order valence-electron chi connectivity index (χ1n) is 8.04. The third-order valence-corrected chi connectivity index (χ3v) is 4.66. The monoisotopic (exact) mass is 274 g/mol. The zero-order chi connectivity index (χ0) is 14.6. The molecule has 20 heavy (non-hydrogen) atoms. The summed E-state index contributed by atoms with van der Waals surface area (Å²) in [6.07, 6.45) is 5.98. The predicted octanol–water partition coefficient (Wildman–Crippen LogP) is 3.60. The molecule has 1 aliphatic carbocycles. The first-order chi connectivity index (χ1) is 9.47. The normalized spacial score (nSPS) is 25.4. The van der Waals surface area contributed by atoms with Crippen LogP contribution in [-0.4, -0.2) is 18.1 Å². The maximum Gasteiger partial charge on any atom is 0.00706 e. The lowest BCUT2D eigenvalue weighted by atomic mass is 9.79. The van der Waals surface area contributed by atoms with Gasteiger partial charge >= 0.3 is 0 Å². The summed E-state index contributed by atoms with van der Waals surface area (Å²) in [6, 6.07) is 12.5. The van der Waals surface area contributed by atoms with Crippen molar-refractivity contribution < 1.29 is 0 Å². The van der Waals surface area contributed by atoms with Crippen molar-refractivity contribution in [2.24, 2.45) is 5.73 Å². The van der Waals surface area contributed by atoms with E-state index in [0.29, 0.717) is 18.1 Å². The Balaban J connectivity index is 1.86. The van der Waals surface area contributed by atoms with Gasteiger partial charge in [0.2, 0.25) is 0 Å². The summed E-state index contributed by atoms with van der Waals surface area (Å²) in [6.45, 7) is 7.01. The van der Waals surface area contributed by atoms with E-state index in [2.05, 4.69) is 56.4 Å². The zero-order valence-corrected chi connectivity index (χ0v) is 13.2. The number of nitrogens with two attached hydrogens (primary N) is 1. The van der Waals surface area contributed by atoms with Crippen LogP contribution in [0.4, 0.5) is 0 Å². The van der Waals surface area contributed by atoms with Gasteiger partial charge in [0.25, 0.3) is 0 Å². The molecule has 2 nitrogen and oxygen atoms in total. The van der Waals surface area contributed by atoms with Crippen LogP contribution in [-0.2, 0) is 5.41 Å². The van der Waals surface area contributed by atoms with E-state index in [0.717, 1.165) is 0 Å². The lowest BCUT2D eigenvalue weighted by molar-refractivity contribution is 0.293. The summed E-state index contributed by atoms with van der Waals surface area (Å²) in [4.78, 5) is 0. The number of benzene rings is 1. The molecule has 2 heteroatoms. The van der Waals surface area contributed by atoms with E-state index in [1.807, 2.05) is 0 Å².